The normalized spacial score (nSPS) is 11.4. The van der Waals surface area contributed by atoms with E-state index in [4.69, 9.17) is 22.4 Å². The Morgan fingerprint density at radius 2 is 2.13 bits per heavy atom. The fourth-order valence-corrected chi connectivity index (χ4v) is 1.41. The van der Waals surface area contributed by atoms with Gasteiger partial charge < -0.3 is 10.8 Å². The monoisotopic (exact) mass is 227 g/mol. The third-order valence-electron chi connectivity index (χ3n) is 2.29. The predicted octanol–water partition coefficient (Wildman–Crippen LogP) is 2.58. The molecule has 0 bridgehead atoms. The first-order chi connectivity index (χ1) is 6.83. The molecule has 0 aromatic heterocycles. The molecule has 0 aliphatic carbocycles. The first-order valence-electron chi connectivity index (χ1n) is 4.60. The molecule has 0 fully saturated rings. The molecule has 3 N–H and O–H groups in total. The van der Waals surface area contributed by atoms with Gasteiger partial charge in [-0.05, 0) is 38.0 Å². The molecule has 0 saturated carbocycles. The number of carboxylic acids is 1. The summed E-state index contributed by atoms with van der Waals surface area (Å²) in [5.74, 6) is -0.823. The summed E-state index contributed by atoms with van der Waals surface area (Å²) < 4.78 is 0. The van der Waals surface area contributed by atoms with Crippen molar-refractivity contribution in [2.75, 3.05) is 5.73 Å². The minimum Gasteiger partial charge on any atom is -0.481 e. The molecule has 1 aromatic carbocycles. The lowest BCUT2D eigenvalue weighted by Gasteiger charge is -2.19. The number of hydrogen-bond donors (Lipinski definition) is 2. The van der Waals surface area contributed by atoms with Gasteiger partial charge in [0.15, 0.2) is 0 Å². The van der Waals surface area contributed by atoms with Gasteiger partial charge in [0.05, 0.1) is 16.1 Å². The van der Waals surface area contributed by atoms with Gasteiger partial charge in [-0.3, -0.25) is 4.79 Å². The van der Waals surface area contributed by atoms with Crippen LogP contribution in [-0.2, 0) is 11.2 Å². The maximum atomic E-state index is 10.9. The van der Waals surface area contributed by atoms with E-state index in [-0.39, 0.29) is 0 Å². The van der Waals surface area contributed by atoms with Crippen LogP contribution in [0.5, 0.6) is 0 Å². The van der Waals surface area contributed by atoms with E-state index in [1.807, 2.05) is 0 Å². The highest BCUT2D eigenvalue weighted by Gasteiger charge is 2.27. The lowest BCUT2D eigenvalue weighted by Crippen LogP contribution is -2.26. The van der Waals surface area contributed by atoms with Crippen LogP contribution in [-0.4, -0.2) is 11.1 Å². The Kier molecular flexibility index (Phi) is 3.25. The number of rotatable bonds is 3. The average molecular weight is 228 g/mol. The lowest BCUT2D eigenvalue weighted by atomic mass is 9.86. The van der Waals surface area contributed by atoms with Crippen molar-refractivity contribution in [2.24, 2.45) is 5.41 Å². The van der Waals surface area contributed by atoms with Crippen molar-refractivity contribution < 1.29 is 9.90 Å². The summed E-state index contributed by atoms with van der Waals surface area (Å²) in [6, 6.07) is 5.19. The molecule has 0 unspecified atom stereocenters. The summed E-state index contributed by atoms with van der Waals surface area (Å²) in [7, 11) is 0. The minimum atomic E-state index is -0.823. The zero-order valence-electron chi connectivity index (χ0n) is 8.75. The molecule has 0 aliphatic rings. The van der Waals surface area contributed by atoms with E-state index in [1.165, 1.54) is 0 Å². The van der Waals surface area contributed by atoms with Gasteiger partial charge in [-0.1, -0.05) is 17.7 Å². The lowest BCUT2D eigenvalue weighted by molar-refractivity contribution is -0.146. The van der Waals surface area contributed by atoms with Crippen molar-refractivity contribution in [1.82, 2.24) is 0 Å². The molecule has 1 rings (SSSR count). The number of carboxylic acid groups (broad SMARTS) is 1. The summed E-state index contributed by atoms with van der Waals surface area (Å²) in [4.78, 5) is 10.9. The van der Waals surface area contributed by atoms with Crippen molar-refractivity contribution in [3.05, 3.63) is 28.8 Å². The zero-order chi connectivity index (χ0) is 11.6. The standard InChI is InChI=1S/C11H14ClNO2/c1-11(2,10(14)15)6-7-3-4-8(12)9(13)5-7/h3-5H,6,13H2,1-2H3,(H,14,15). The molecular weight excluding hydrogens is 214 g/mol. The third-order valence-corrected chi connectivity index (χ3v) is 2.63. The molecule has 0 spiro atoms. The van der Waals surface area contributed by atoms with Crippen LogP contribution in [0.1, 0.15) is 19.4 Å². The number of halogens is 1. The fourth-order valence-electron chi connectivity index (χ4n) is 1.29. The van der Waals surface area contributed by atoms with Gasteiger partial charge >= 0.3 is 5.97 Å². The second-order valence-corrected chi connectivity index (χ2v) is 4.63. The molecule has 1 aromatic rings. The fraction of sp³-hybridized carbons (Fsp3) is 0.364. The first kappa shape index (κ1) is 11.9. The van der Waals surface area contributed by atoms with Gasteiger partial charge in [0.25, 0.3) is 0 Å². The highest BCUT2D eigenvalue weighted by molar-refractivity contribution is 6.33. The second-order valence-electron chi connectivity index (χ2n) is 4.22. The van der Waals surface area contributed by atoms with Crippen LogP contribution in [0.15, 0.2) is 18.2 Å². The van der Waals surface area contributed by atoms with Gasteiger partial charge in [-0.15, -0.1) is 0 Å². The molecular formula is C11H14ClNO2. The van der Waals surface area contributed by atoms with Crippen molar-refractivity contribution in [3.8, 4) is 0 Å². The third kappa shape index (κ3) is 2.86. The quantitative estimate of drug-likeness (QED) is 0.781. The Hall–Kier alpha value is -1.22. The van der Waals surface area contributed by atoms with Crippen LogP contribution in [0.25, 0.3) is 0 Å². The van der Waals surface area contributed by atoms with E-state index in [0.717, 1.165) is 5.56 Å². The van der Waals surface area contributed by atoms with Gasteiger partial charge in [0.2, 0.25) is 0 Å². The highest BCUT2D eigenvalue weighted by atomic mass is 35.5. The maximum Gasteiger partial charge on any atom is 0.309 e. The Balaban J connectivity index is 2.91. The predicted molar refractivity (Wildman–Crippen MR) is 61.0 cm³/mol. The van der Waals surface area contributed by atoms with Crippen LogP contribution in [0.3, 0.4) is 0 Å². The summed E-state index contributed by atoms with van der Waals surface area (Å²) in [5, 5.41) is 9.46. The number of hydrogen-bond acceptors (Lipinski definition) is 2. The summed E-state index contributed by atoms with van der Waals surface area (Å²) in [6.45, 7) is 3.36. The smallest absolute Gasteiger partial charge is 0.309 e. The molecule has 0 heterocycles. The van der Waals surface area contributed by atoms with Crippen molar-refractivity contribution in [2.45, 2.75) is 20.3 Å². The van der Waals surface area contributed by atoms with E-state index in [0.29, 0.717) is 17.1 Å². The number of carbonyl (C=O) groups is 1. The number of anilines is 1. The van der Waals surface area contributed by atoms with Gasteiger partial charge in [0, 0.05) is 0 Å². The average Bonchev–Trinajstić information content (AvgIpc) is 2.10. The van der Waals surface area contributed by atoms with Gasteiger partial charge in [0.1, 0.15) is 0 Å². The van der Waals surface area contributed by atoms with Crippen molar-refractivity contribution in [3.63, 3.8) is 0 Å². The number of aliphatic carboxylic acids is 1. The molecule has 15 heavy (non-hydrogen) atoms. The number of nitrogen functional groups attached to an aromatic ring is 1. The Morgan fingerprint density at radius 3 is 2.60 bits per heavy atom. The van der Waals surface area contributed by atoms with Crippen LogP contribution in [0.4, 0.5) is 5.69 Å². The first-order valence-corrected chi connectivity index (χ1v) is 4.98. The number of nitrogens with two attached hydrogens (primary N) is 1. The van der Waals surface area contributed by atoms with Crippen LogP contribution < -0.4 is 5.73 Å². The van der Waals surface area contributed by atoms with Crippen molar-refractivity contribution in [1.29, 1.82) is 0 Å². The van der Waals surface area contributed by atoms with E-state index < -0.39 is 11.4 Å². The maximum absolute atomic E-state index is 10.9. The molecule has 0 saturated heterocycles. The molecule has 0 radical (unpaired) electrons. The molecule has 82 valence electrons. The second kappa shape index (κ2) is 4.11. The van der Waals surface area contributed by atoms with E-state index >= 15 is 0 Å². The van der Waals surface area contributed by atoms with E-state index in [9.17, 15) is 4.79 Å². The van der Waals surface area contributed by atoms with Crippen LogP contribution in [0, 0.1) is 5.41 Å². The Labute approximate surface area is 93.9 Å². The Morgan fingerprint density at radius 1 is 1.53 bits per heavy atom. The molecule has 0 amide bonds. The van der Waals surface area contributed by atoms with Crippen LogP contribution >= 0.6 is 11.6 Å². The largest absolute Gasteiger partial charge is 0.481 e. The highest BCUT2D eigenvalue weighted by Crippen LogP contribution is 2.26. The molecule has 4 heteroatoms. The van der Waals surface area contributed by atoms with E-state index in [2.05, 4.69) is 0 Å². The summed E-state index contributed by atoms with van der Waals surface area (Å²) in [6.07, 6.45) is 0.434. The van der Waals surface area contributed by atoms with Gasteiger partial charge in [-0.2, -0.15) is 0 Å². The molecule has 0 aliphatic heterocycles. The van der Waals surface area contributed by atoms with E-state index in [1.54, 1.807) is 32.0 Å². The number of benzene rings is 1. The summed E-state index contributed by atoms with van der Waals surface area (Å²) >= 11 is 5.77. The minimum absolute atomic E-state index is 0.434. The van der Waals surface area contributed by atoms with Crippen LogP contribution in [0.2, 0.25) is 5.02 Å². The molecule has 3 nitrogen and oxygen atoms in total. The SMILES string of the molecule is CC(C)(Cc1ccc(Cl)c(N)c1)C(=O)O. The van der Waals surface area contributed by atoms with Gasteiger partial charge in [-0.25, -0.2) is 0 Å². The molecule has 0 atom stereocenters. The topological polar surface area (TPSA) is 63.3 Å². The van der Waals surface area contributed by atoms with Crippen molar-refractivity contribution >= 4 is 23.3 Å². The zero-order valence-corrected chi connectivity index (χ0v) is 9.51. The Bertz CT molecular complexity index is 388. The summed E-state index contributed by atoms with van der Waals surface area (Å²) in [5.41, 5.74) is 6.21.